The van der Waals surface area contributed by atoms with Crippen LogP contribution in [0, 0.1) is 0 Å². The SMILES string of the molecule is COc1ccc(C2(C(=O)Cc3ncc(S(=O)(=O)c4ccccc4Cl)s3)CC2)cc1. The first kappa shape index (κ1) is 20.1. The van der Waals surface area contributed by atoms with E-state index in [1.807, 2.05) is 24.3 Å². The van der Waals surface area contributed by atoms with Gasteiger partial charge in [0.2, 0.25) is 9.84 Å². The van der Waals surface area contributed by atoms with Crippen LogP contribution in [0.2, 0.25) is 5.02 Å². The average Bonchev–Trinajstić information content (AvgIpc) is 3.40. The molecule has 0 atom stereocenters. The van der Waals surface area contributed by atoms with Gasteiger partial charge < -0.3 is 4.74 Å². The maximum Gasteiger partial charge on any atom is 0.219 e. The zero-order valence-corrected chi connectivity index (χ0v) is 18.0. The van der Waals surface area contributed by atoms with Gasteiger partial charge in [0.15, 0.2) is 0 Å². The normalized spacial score (nSPS) is 15.1. The van der Waals surface area contributed by atoms with Gasteiger partial charge in [0.05, 0.1) is 35.1 Å². The molecular formula is C21H18ClNO4S2. The molecule has 0 saturated heterocycles. The molecule has 5 nitrogen and oxygen atoms in total. The van der Waals surface area contributed by atoms with Gasteiger partial charge in [-0.3, -0.25) is 4.79 Å². The summed E-state index contributed by atoms with van der Waals surface area (Å²) in [6.07, 6.45) is 2.98. The zero-order valence-electron chi connectivity index (χ0n) is 15.6. The zero-order chi connectivity index (χ0) is 20.6. The van der Waals surface area contributed by atoms with E-state index in [2.05, 4.69) is 4.98 Å². The molecular weight excluding hydrogens is 430 g/mol. The summed E-state index contributed by atoms with van der Waals surface area (Å²) >= 11 is 7.07. The minimum absolute atomic E-state index is 0.0417. The minimum atomic E-state index is -3.77. The molecule has 0 spiro atoms. The van der Waals surface area contributed by atoms with Gasteiger partial charge in [-0.25, -0.2) is 13.4 Å². The monoisotopic (exact) mass is 447 g/mol. The Bertz CT molecular complexity index is 1170. The molecule has 1 saturated carbocycles. The third kappa shape index (κ3) is 3.70. The largest absolute Gasteiger partial charge is 0.497 e. The number of methoxy groups -OCH3 is 1. The third-order valence-electron chi connectivity index (χ3n) is 5.16. The summed E-state index contributed by atoms with van der Waals surface area (Å²) in [4.78, 5) is 17.2. The fraction of sp³-hybridized carbons (Fsp3) is 0.238. The van der Waals surface area contributed by atoms with E-state index in [4.69, 9.17) is 16.3 Å². The van der Waals surface area contributed by atoms with Gasteiger partial charge in [-0.15, -0.1) is 11.3 Å². The van der Waals surface area contributed by atoms with Crippen LogP contribution in [0.4, 0.5) is 0 Å². The highest BCUT2D eigenvalue weighted by molar-refractivity contribution is 7.93. The molecule has 1 aliphatic carbocycles. The molecule has 29 heavy (non-hydrogen) atoms. The van der Waals surface area contributed by atoms with Crippen molar-refractivity contribution in [2.75, 3.05) is 7.11 Å². The number of carbonyl (C=O) groups is 1. The Balaban J connectivity index is 1.55. The summed E-state index contributed by atoms with van der Waals surface area (Å²) in [6.45, 7) is 0. The summed E-state index contributed by atoms with van der Waals surface area (Å²) in [6, 6.07) is 13.8. The van der Waals surface area contributed by atoms with Gasteiger partial charge in [0, 0.05) is 0 Å². The smallest absolute Gasteiger partial charge is 0.219 e. The van der Waals surface area contributed by atoms with Gasteiger partial charge in [0.25, 0.3) is 0 Å². The molecule has 1 aliphatic rings. The van der Waals surface area contributed by atoms with Crippen LogP contribution in [0.3, 0.4) is 0 Å². The number of nitrogens with zero attached hydrogens (tertiary/aromatic N) is 1. The predicted molar refractivity (Wildman–Crippen MR) is 112 cm³/mol. The molecule has 150 valence electrons. The van der Waals surface area contributed by atoms with E-state index >= 15 is 0 Å². The number of ketones is 1. The Morgan fingerprint density at radius 2 is 1.86 bits per heavy atom. The lowest BCUT2D eigenvalue weighted by Gasteiger charge is -2.14. The van der Waals surface area contributed by atoms with Crippen molar-refractivity contribution in [2.24, 2.45) is 0 Å². The quantitative estimate of drug-likeness (QED) is 0.533. The van der Waals surface area contributed by atoms with Crippen LogP contribution in [-0.4, -0.2) is 26.3 Å². The molecule has 2 aromatic carbocycles. The summed E-state index contributed by atoms with van der Waals surface area (Å²) in [5.41, 5.74) is 0.462. The predicted octanol–water partition coefficient (Wildman–Crippen LogP) is 4.48. The molecule has 0 unspecified atom stereocenters. The van der Waals surface area contributed by atoms with Gasteiger partial charge in [-0.1, -0.05) is 35.9 Å². The van der Waals surface area contributed by atoms with E-state index in [1.54, 1.807) is 19.2 Å². The van der Waals surface area contributed by atoms with E-state index in [9.17, 15) is 13.2 Å². The van der Waals surface area contributed by atoms with Crippen molar-refractivity contribution in [3.05, 3.63) is 70.3 Å². The molecule has 8 heteroatoms. The minimum Gasteiger partial charge on any atom is -0.497 e. The molecule has 1 fully saturated rings. The summed E-state index contributed by atoms with van der Waals surface area (Å²) < 4.78 is 30.9. The molecule has 0 N–H and O–H groups in total. The number of ether oxygens (including phenoxy) is 1. The Morgan fingerprint density at radius 1 is 1.17 bits per heavy atom. The van der Waals surface area contributed by atoms with Crippen molar-refractivity contribution in [1.29, 1.82) is 0 Å². The average molecular weight is 448 g/mol. The standard InChI is InChI=1S/C21H18ClNO4S2/c1-27-15-8-6-14(7-9-15)21(10-11-21)18(24)12-19-23-13-20(28-19)29(25,26)17-5-3-2-4-16(17)22/h2-9,13H,10-12H2,1H3. The Kier molecular flexibility index (Phi) is 5.23. The lowest BCUT2D eigenvalue weighted by Crippen LogP contribution is -2.22. The van der Waals surface area contributed by atoms with Crippen molar-refractivity contribution >= 4 is 38.6 Å². The van der Waals surface area contributed by atoms with Gasteiger partial charge in [-0.05, 0) is 42.7 Å². The summed E-state index contributed by atoms with van der Waals surface area (Å²) in [5, 5.41) is 0.649. The lowest BCUT2D eigenvalue weighted by atomic mass is 9.90. The fourth-order valence-electron chi connectivity index (χ4n) is 3.34. The fourth-order valence-corrected chi connectivity index (χ4v) is 6.41. The van der Waals surface area contributed by atoms with Crippen LogP contribution in [0.1, 0.15) is 23.4 Å². The Hall–Kier alpha value is -2.22. The number of sulfone groups is 1. The Labute approximate surface area is 178 Å². The second-order valence-corrected chi connectivity index (χ2v) is 10.6. The van der Waals surface area contributed by atoms with Crippen molar-refractivity contribution in [1.82, 2.24) is 4.98 Å². The topological polar surface area (TPSA) is 73.3 Å². The maximum atomic E-state index is 13.0. The molecule has 3 aromatic rings. The second-order valence-electron chi connectivity index (χ2n) is 6.92. The van der Waals surface area contributed by atoms with Crippen LogP contribution < -0.4 is 4.74 Å². The number of hydrogen-bond acceptors (Lipinski definition) is 6. The molecule has 4 rings (SSSR count). The third-order valence-corrected chi connectivity index (χ3v) is 8.87. The number of aromatic nitrogens is 1. The molecule has 0 amide bonds. The maximum absolute atomic E-state index is 13.0. The highest BCUT2D eigenvalue weighted by atomic mass is 35.5. The van der Waals surface area contributed by atoms with Gasteiger partial charge >= 0.3 is 0 Å². The first-order chi connectivity index (χ1) is 13.9. The van der Waals surface area contributed by atoms with E-state index in [-0.39, 0.29) is 26.3 Å². The molecule has 1 heterocycles. The van der Waals surface area contributed by atoms with E-state index < -0.39 is 15.3 Å². The van der Waals surface area contributed by atoms with Gasteiger partial charge in [-0.2, -0.15) is 0 Å². The number of Topliss-reactive ketones (excluding diaryl/α,β-unsaturated/α-hetero) is 1. The molecule has 0 bridgehead atoms. The van der Waals surface area contributed by atoms with E-state index in [0.29, 0.717) is 5.01 Å². The number of carbonyl (C=O) groups excluding carboxylic acids is 1. The van der Waals surface area contributed by atoms with Crippen LogP contribution in [0.5, 0.6) is 5.75 Å². The first-order valence-electron chi connectivity index (χ1n) is 8.99. The lowest BCUT2D eigenvalue weighted by molar-refractivity contribution is -0.120. The molecule has 0 aliphatic heterocycles. The van der Waals surface area contributed by atoms with Crippen molar-refractivity contribution in [2.45, 2.75) is 33.8 Å². The van der Waals surface area contributed by atoms with Crippen LogP contribution in [0.25, 0.3) is 0 Å². The number of benzene rings is 2. The van der Waals surface area contributed by atoms with Crippen molar-refractivity contribution in [3.8, 4) is 5.75 Å². The van der Waals surface area contributed by atoms with Crippen LogP contribution in [0.15, 0.2) is 63.8 Å². The molecule has 1 aromatic heterocycles. The van der Waals surface area contributed by atoms with E-state index in [1.165, 1.54) is 18.3 Å². The first-order valence-corrected chi connectivity index (χ1v) is 11.7. The Morgan fingerprint density at radius 3 is 2.48 bits per heavy atom. The highest BCUT2D eigenvalue weighted by Crippen LogP contribution is 2.50. The number of rotatable bonds is 7. The number of halogens is 1. The number of hydrogen-bond donors (Lipinski definition) is 0. The van der Waals surface area contributed by atoms with Crippen LogP contribution in [-0.2, 0) is 26.5 Å². The number of thiazole rings is 1. The van der Waals surface area contributed by atoms with Crippen LogP contribution >= 0.6 is 22.9 Å². The summed E-state index contributed by atoms with van der Waals surface area (Å²) in [7, 11) is -2.16. The van der Waals surface area contributed by atoms with E-state index in [0.717, 1.165) is 35.5 Å². The van der Waals surface area contributed by atoms with Crippen molar-refractivity contribution in [3.63, 3.8) is 0 Å². The molecule has 0 radical (unpaired) electrons. The summed E-state index contributed by atoms with van der Waals surface area (Å²) in [5.74, 6) is 0.796. The van der Waals surface area contributed by atoms with Gasteiger partial charge in [0.1, 0.15) is 20.7 Å². The van der Waals surface area contributed by atoms with Crippen molar-refractivity contribution < 1.29 is 17.9 Å². The highest BCUT2D eigenvalue weighted by Gasteiger charge is 2.50. The second kappa shape index (κ2) is 7.55.